The van der Waals surface area contributed by atoms with Crippen molar-refractivity contribution in [3.63, 3.8) is 0 Å². The van der Waals surface area contributed by atoms with Crippen LogP contribution in [-0.4, -0.2) is 37.1 Å². The molecule has 0 saturated carbocycles. The van der Waals surface area contributed by atoms with Gasteiger partial charge in [0.1, 0.15) is 0 Å². The lowest BCUT2D eigenvalue weighted by atomic mass is 10.1. The van der Waals surface area contributed by atoms with Crippen LogP contribution in [-0.2, 0) is 17.9 Å². The fourth-order valence-electron chi connectivity index (χ4n) is 3.99. The van der Waals surface area contributed by atoms with E-state index in [1.807, 2.05) is 53.8 Å². The van der Waals surface area contributed by atoms with Crippen molar-refractivity contribution in [1.82, 2.24) is 24.5 Å². The molecule has 0 fully saturated rings. The van der Waals surface area contributed by atoms with Crippen LogP contribution >= 0.6 is 11.8 Å². The van der Waals surface area contributed by atoms with Crippen LogP contribution < -0.4 is 20.3 Å². The maximum absolute atomic E-state index is 13.2. The SMILES string of the molecule is CC(C)CCn1c(=O)c2ccccc2n2c(SC(C)C(=O)NCc3ccc4c(c3)OCO4)nnc12. The van der Waals surface area contributed by atoms with Crippen molar-refractivity contribution in [2.24, 2.45) is 5.92 Å². The van der Waals surface area contributed by atoms with Crippen molar-refractivity contribution in [2.75, 3.05) is 6.79 Å². The molecule has 2 aromatic heterocycles. The van der Waals surface area contributed by atoms with Gasteiger partial charge in [0.2, 0.25) is 18.5 Å². The van der Waals surface area contributed by atoms with Gasteiger partial charge in [-0.2, -0.15) is 0 Å². The number of hydrogen-bond donors (Lipinski definition) is 1. The number of amides is 1. The summed E-state index contributed by atoms with van der Waals surface area (Å²) < 4.78 is 14.3. The van der Waals surface area contributed by atoms with Crippen LogP contribution in [0.2, 0.25) is 0 Å². The number of hydrogen-bond acceptors (Lipinski definition) is 7. The second-order valence-electron chi connectivity index (χ2n) is 8.94. The molecule has 0 bridgehead atoms. The highest BCUT2D eigenvalue weighted by Gasteiger charge is 2.22. The molecule has 5 rings (SSSR count). The summed E-state index contributed by atoms with van der Waals surface area (Å²) in [5, 5.41) is 12.4. The number of rotatable bonds is 8. The van der Waals surface area contributed by atoms with Crippen molar-refractivity contribution >= 4 is 34.3 Å². The number of ether oxygens (including phenoxy) is 2. The number of fused-ring (bicyclic) bond motifs is 4. The van der Waals surface area contributed by atoms with Crippen LogP contribution in [0.5, 0.6) is 11.5 Å². The average molecular weight is 494 g/mol. The minimum Gasteiger partial charge on any atom is -0.454 e. The summed E-state index contributed by atoms with van der Waals surface area (Å²) in [6.45, 7) is 7.22. The van der Waals surface area contributed by atoms with E-state index in [-0.39, 0.29) is 18.3 Å². The highest BCUT2D eigenvalue weighted by molar-refractivity contribution is 8.00. The molecule has 1 N–H and O–H groups in total. The maximum atomic E-state index is 13.2. The van der Waals surface area contributed by atoms with E-state index in [1.54, 1.807) is 4.57 Å². The van der Waals surface area contributed by atoms with Gasteiger partial charge < -0.3 is 14.8 Å². The van der Waals surface area contributed by atoms with E-state index in [0.29, 0.717) is 46.8 Å². The smallest absolute Gasteiger partial charge is 0.262 e. The van der Waals surface area contributed by atoms with Gasteiger partial charge >= 0.3 is 0 Å². The van der Waals surface area contributed by atoms with Crippen LogP contribution in [0.1, 0.15) is 32.8 Å². The first-order valence-electron chi connectivity index (χ1n) is 11.6. The summed E-state index contributed by atoms with van der Waals surface area (Å²) >= 11 is 1.31. The molecule has 1 aliphatic rings. The molecule has 35 heavy (non-hydrogen) atoms. The van der Waals surface area contributed by atoms with Crippen LogP contribution in [0.25, 0.3) is 16.7 Å². The quantitative estimate of drug-likeness (QED) is 0.374. The number of para-hydroxylation sites is 1. The van der Waals surface area contributed by atoms with Gasteiger partial charge in [0.15, 0.2) is 16.7 Å². The maximum Gasteiger partial charge on any atom is 0.262 e. The minimum atomic E-state index is -0.425. The first-order chi connectivity index (χ1) is 16.9. The topological polar surface area (TPSA) is 99.8 Å². The molecule has 182 valence electrons. The molecule has 0 spiro atoms. The first-order valence-corrected chi connectivity index (χ1v) is 12.5. The van der Waals surface area contributed by atoms with Crippen molar-refractivity contribution in [1.29, 1.82) is 0 Å². The summed E-state index contributed by atoms with van der Waals surface area (Å²) in [7, 11) is 0. The Morgan fingerprint density at radius 3 is 2.74 bits per heavy atom. The van der Waals surface area contributed by atoms with Crippen LogP contribution in [0.4, 0.5) is 0 Å². The molecule has 4 aromatic rings. The lowest BCUT2D eigenvalue weighted by Crippen LogP contribution is -2.30. The highest BCUT2D eigenvalue weighted by Crippen LogP contribution is 2.32. The van der Waals surface area contributed by atoms with E-state index in [0.717, 1.165) is 17.5 Å². The largest absolute Gasteiger partial charge is 0.454 e. The minimum absolute atomic E-state index is 0.0767. The Labute approximate surface area is 206 Å². The number of aromatic nitrogens is 4. The van der Waals surface area contributed by atoms with E-state index in [4.69, 9.17) is 9.47 Å². The molecule has 3 heterocycles. The standard InChI is InChI=1S/C25H27N5O4S/c1-15(2)10-11-29-23(32)18-6-4-5-7-19(18)30-24(29)27-28-25(30)35-16(3)22(31)26-13-17-8-9-20-21(12-17)34-14-33-20/h4-9,12,15-16H,10-11,13-14H2,1-3H3,(H,26,31). The number of thioether (sulfide) groups is 1. The van der Waals surface area contributed by atoms with Gasteiger partial charge in [-0.25, -0.2) is 0 Å². The number of carbonyl (C=O) groups excluding carboxylic acids is 1. The molecule has 0 aliphatic carbocycles. The molecule has 9 nitrogen and oxygen atoms in total. The lowest BCUT2D eigenvalue weighted by molar-refractivity contribution is -0.120. The summed E-state index contributed by atoms with van der Waals surface area (Å²) in [6.07, 6.45) is 0.849. The van der Waals surface area contributed by atoms with Crippen molar-refractivity contribution in [2.45, 2.75) is 50.7 Å². The van der Waals surface area contributed by atoms with Gasteiger partial charge in [0.25, 0.3) is 5.56 Å². The predicted molar refractivity (Wildman–Crippen MR) is 134 cm³/mol. The molecule has 1 unspecified atom stereocenters. The van der Waals surface area contributed by atoms with E-state index >= 15 is 0 Å². The zero-order valence-electron chi connectivity index (χ0n) is 19.9. The van der Waals surface area contributed by atoms with E-state index < -0.39 is 5.25 Å². The number of benzene rings is 2. The summed E-state index contributed by atoms with van der Waals surface area (Å²) in [6, 6.07) is 13.1. The van der Waals surface area contributed by atoms with E-state index in [2.05, 4.69) is 29.4 Å². The molecule has 10 heteroatoms. The Kier molecular flexibility index (Phi) is 6.38. The predicted octanol–water partition coefficient (Wildman–Crippen LogP) is 3.62. The second-order valence-corrected chi connectivity index (χ2v) is 10.2. The molecular formula is C25H27N5O4S. The normalized spacial score (nSPS) is 13.6. The number of carbonyl (C=O) groups is 1. The van der Waals surface area contributed by atoms with Gasteiger partial charge in [-0.15, -0.1) is 10.2 Å². The summed E-state index contributed by atoms with van der Waals surface area (Å²) in [4.78, 5) is 26.1. The molecule has 1 aliphatic heterocycles. The van der Waals surface area contributed by atoms with Gasteiger partial charge in [0, 0.05) is 13.1 Å². The number of aryl methyl sites for hydroxylation is 1. The zero-order chi connectivity index (χ0) is 24.5. The Bertz CT molecular complexity index is 1460. The molecule has 1 atom stereocenters. The molecule has 1 amide bonds. The highest BCUT2D eigenvalue weighted by atomic mass is 32.2. The number of nitrogens with zero attached hydrogens (tertiary/aromatic N) is 4. The Balaban J connectivity index is 1.38. The Hall–Kier alpha value is -3.53. The van der Waals surface area contributed by atoms with Crippen LogP contribution in [0, 0.1) is 5.92 Å². The van der Waals surface area contributed by atoms with E-state index in [9.17, 15) is 9.59 Å². The monoisotopic (exact) mass is 493 g/mol. The van der Waals surface area contributed by atoms with Crippen molar-refractivity contribution in [3.05, 3.63) is 58.4 Å². The van der Waals surface area contributed by atoms with Gasteiger partial charge in [0.05, 0.1) is 16.2 Å². The van der Waals surface area contributed by atoms with Crippen molar-refractivity contribution < 1.29 is 14.3 Å². The summed E-state index contributed by atoms with van der Waals surface area (Å²) in [5.74, 6) is 2.21. The molecule has 2 aromatic carbocycles. The molecular weight excluding hydrogens is 466 g/mol. The molecule has 0 saturated heterocycles. The molecule has 0 radical (unpaired) electrons. The van der Waals surface area contributed by atoms with Crippen molar-refractivity contribution in [3.8, 4) is 11.5 Å². The Morgan fingerprint density at radius 1 is 1.11 bits per heavy atom. The first kappa shape index (κ1) is 23.2. The summed E-state index contributed by atoms with van der Waals surface area (Å²) in [5.41, 5.74) is 1.58. The van der Waals surface area contributed by atoms with Crippen LogP contribution in [0.15, 0.2) is 52.4 Å². The second kappa shape index (κ2) is 9.61. The Morgan fingerprint density at radius 2 is 1.91 bits per heavy atom. The third-order valence-electron chi connectivity index (χ3n) is 5.96. The van der Waals surface area contributed by atoms with Gasteiger partial charge in [-0.1, -0.05) is 43.8 Å². The zero-order valence-corrected chi connectivity index (χ0v) is 20.7. The van der Waals surface area contributed by atoms with E-state index in [1.165, 1.54) is 11.8 Å². The average Bonchev–Trinajstić information content (AvgIpc) is 3.49. The fourth-order valence-corrected chi connectivity index (χ4v) is 4.87. The van der Waals surface area contributed by atoms with Crippen LogP contribution in [0.3, 0.4) is 0 Å². The number of nitrogens with one attached hydrogen (secondary N) is 1. The lowest BCUT2D eigenvalue weighted by Gasteiger charge is -2.14. The van der Waals surface area contributed by atoms with Gasteiger partial charge in [-0.3, -0.25) is 18.6 Å². The van der Waals surface area contributed by atoms with Gasteiger partial charge in [-0.05, 0) is 49.1 Å². The third-order valence-corrected chi connectivity index (χ3v) is 7.01. The third kappa shape index (κ3) is 4.58. The fraction of sp³-hybridized carbons (Fsp3) is 0.360.